The summed E-state index contributed by atoms with van der Waals surface area (Å²) in [4.78, 5) is 28.4. The van der Waals surface area contributed by atoms with Crippen LogP contribution in [0.5, 0.6) is 5.75 Å². The minimum absolute atomic E-state index is 0.234. The van der Waals surface area contributed by atoms with Crippen molar-refractivity contribution in [2.24, 2.45) is 0 Å². The molecule has 0 aliphatic heterocycles. The Bertz CT molecular complexity index is 746. The Morgan fingerprint density at radius 1 is 1.27 bits per heavy atom. The van der Waals surface area contributed by atoms with Crippen molar-refractivity contribution in [3.8, 4) is 5.75 Å². The van der Waals surface area contributed by atoms with E-state index in [4.69, 9.17) is 21.1 Å². The minimum Gasteiger partial charge on any atom is -0.486 e. The van der Waals surface area contributed by atoms with Crippen LogP contribution < -0.4 is 10.1 Å². The number of hydrogen-bond acceptors (Lipinski definition) is 6. The van der Waals surface area contributed by atoms with E-state index in [1.54, 1.807) is 31.2 Å². The highest BCUT2D eigenvalue weighted by atomic mass is 35.5. The molecule has 0 fully saturated rings. The molecular weight excluding hydrogens is 376 g/mol. The monoisotopic (exact) mass is 396 g/mol. The van der Waals surface area contributed by atoms with Gasteiger partial charge in [0.05, 0.1) is 5.69 Å². The highest BCUT2D eigenvalue weighted by Gasteiger charge is 2.18. The Kier molecular flexibility index (Phi) is 7.87. The first-order valence-corrected chi connectivity index (χ1v) is 9.47. The number of esters is 1. The van der Waals surface area contributed by atoms with Crippen LogP contribution in [0.4, 0.5) is 0 Å². The summed E-state index contributed by atoms with van der Waals surface area (Å²) in [6.45, 7) is 4.28. The third-order valence-electron chi connectivity index (χ3n) is 3.39. The second-order valence-corrected chi connectivity index (χ2v) is 7.06. The molecule has 2 rings (SSSR count). The second kappa shape index (κ2) is 10.1. The summed E-state index contributed by atoms with van der Waals surface area (Å²) in [6, 6.07) is 6.99. The topological polar surface area (TPSA) is 77.5 Å². The third kappa shape index (κ3) is 6.31. The lowest BCUT2D eigenvalue weighted by Gasteiger charge is -2.05. The molecule has 0 saturated heterocycles. The molecule has 0 radical (unpaired) electrons. The quantitative estimate of drug-likeness (QED) is 0.515. The lowest BCUT2D eigenvalue weighted by molar-refractivity contribution is -0.124. The molecule has 1 amide bonds. The van der Waals surface area contributed by atoms with Gasteiger partial charge in [-0.1, -0.05) is 24.9 Å². The van der Waals surface area contributed by atoms with Crippen molar-refractivity contribution in [3.63, 3.8) is 0 Å². The largest absolute Gasteiger partial charge is 0.486 e. The van der Waals surface area contributed by atoms with Crippen LogP contribution >= 0.6 is 22.9 Å². The number of benzene rings is 1. The van der Waals surface area contributed by atoms with Crippen molar-refractivity contribution in [1.29, 1.82) is 0 Å². The van der Waals surface area contributed by atoms with Crippen molar-refractivity contribution in [2.45, 2.75) is 33.3 Å². The van der Waals surface area contributed by atoms with Crippen molar-refractivity contribution in [1.82, 2.24) is 10.3 Å². The Morgan fingerprint density at radius 2 is 2.00 bits per heavy atom. The first-order chi connectivity index (χ1) is 12.5. The number of thiazole rings is 1. The van der Waals surface area contributed by atoms with Gasteiger partial charge in [-0.25, -0.2) is 9.78 Å². The van der Waals surface area contributed by atoms with Gasteiger partial charge in [0.15, 0.2) is 6.61 Å². The van der Waals surface area contributed by atoms with Gasteiger partial charge in [0, 0.05) is 11.6 Å². The van der Waals surface area contributed by atoms with Crippen LogP contribution in [-0.2, 0) is 16.1 Å². The summed E-state index contributed by atoms with van der Waals surface area (Å²) in [5.41, 5.74) is 0.557. The number of aryl methyl sites for hydroxylation is 1. The van der Waals surface area contributed by atoms with E-state index in [1.165, 1.54) is 11.3 Å². The molecule has 0 bridgehead atoms. The average Bonchev–Trinajstić information content (AvgIpc) is 3.00. The lowest BCUT2D eigenvalue weighted by atomic mass is 10.3. The maximum atomic E-state index is 12.1. The van der Waals surface area contributed by atoms with Gasteiger partial charge in [-0.2, -0.15) is 0 Å². The molecule has 1 aromatic carbocycles. The lowest BCUT2D eigenvalue weighted by Crippen LogP contribution is -2.29. The van der Waals surface area contributed by atoms with Crippen LogP contribution in [0.3, 0.4) is 0 Å². The fourth-order valence-corrected chi connectivity index (χ4v) is 3.03. The van der Waals surface area contributed by atoms with Gasteiger partial charge < -0.3 is 14.8 Å². The fraction of sp³-hybridized carbons (Fsp3) is 0.389. The molecule has 6 nitrogen and oxygen atoms in total. The number of unbranched alkanes of at least 4 members (excludes halogenated alkanes) is 1. The van der Waals surface area contributed by atoms with E-state index in [0.717, 1.165) is 12.8 Å². The first-order valence-electron chi connectivity index (χ1n) is 8.28. The van der Waals surface area contributed by atoms with E-state index in [1.807, 2.05) is 6.92 Å². The van der Waals surface area contributed by atoms with E-state index < -0.39 is 5.97 Å². The smallest absolute Gasteiger partial charge is 0.350 e. The maximum Gasteiger partial charge on any atom is 0.350 e. The molecule has 2 aromatic rings. The molecule has 26 heavy (non-hydrogen) atoms. The van der Waals surface area contributed by atoms with Gasteiger partial charge >= 0.3 is 5.97 Å². The molecule has 0 spiro atoms. The van der Waals surface area contributed by atoms with Crippen LogP contribution in [0.1, 0.15) is 40.1 Å². The molecule has 0 atom stereocenters. The molecule has 1 N–H and O–H groups in total. The molecule has 1 aromatic heterocycles. The normalized spacial score (nSPS) is 10.4. The Morgan fingerprint density at radius 3 is 2.69 bits per heavy atom. The summed E-state index contributed by atoms with van der Waals surface area (Å²) in [5, 5.41) is 3.98. The molecule has 0 aliphatic carbocycles. The van der Waals surface area contributed by atoms with E-state index in [2.05, 4.69) is 10.3 Å². The standard InChI is InChI=1S/C18H21ClN2O4S/c1-3-4-9-20-15(22)10-25-18(23)17-12(2)21-16(26-17)11-24-14-7-5-13(19)6-8-14/h5-8H,3-4,9-11H2,1-2H3,(H,20,22). The van der Waals surface area contributed by atoms with Crippen molar-refractivity contribution in [3.05, 3.63) is 44.9 Å². The average molecular weight is 397 g/mol. The van der Waals surface area contributed by atoms with Crippen molar-refractivity contribution < 1.29 is 19.1 Å². The van der Waals surface area contributed by atoms with Crippen LogP contribution in [0.2, 0.25) is 5.02 Å². The van der Waals surface area contributed by atoms with Crippen LogP contribution in [0, 0.1) is 6.92 Å². The number of rotatable bonds is 9. The molecule has 0 aliphatic rings. The Hall–Kier alpha value is -2.12. The summed E-state index contributed by atoms with van der Waals surface area (Å²) in [7, 11) is 0. The predicted molar refractivity (Wildman–Crippen MR) is 101 cm³/mol. The second-order valence-electron chi connectivity index (χ2n) is 5.54. The van der Waals surface area contributed by atoms with E-state index >= 15 is 0 Å². The SMILES string of the molecule is CCCCNC(=O)COC(=O)c1sc(COc2ccc(Cl)cc2)nc1C. The van der Waals surface area contributed by atoms with Crippen LogP contribution in [0.25, 0.3) is 0 Å². The zero-order valence-corrected chi connectivity index (χ0v) is 16.3. The highest BCUT2D eigenvalue weighted by molar-refractivity contribution is 7.13. The van der Waals surface area contributed by atoms with Gasteiger partial charge in [0.25, 0.3) is 5.91 Å². The number of carbonyl (C=O) groups is 2. The van der Waals surface area contributed by atoms with Crippen molar-refractivity contribution >= 4 is 34.8 Å². The molecule has 0 saturated carbocycles. The van der Waals surface area contributed by atoms with Gasteiger partial charge in [0.2, 0.25) is 0 Å². The van der Waals surface area contributed by atoms with Gasteiger partial charge in [-0.15, -0.1) is 11.3 Å². The molecule has 140 valence electrons. The minimum atomic E-state index is -0.552. The number of amides is 1. The maximum absolute atomic E-state index is 12.1. The Labute approximate surface area is 161 Å². The fourth-order valence-electron chi connectivity index (χ4n) is 2.03. The molecular formula is C18H21ClN2O4S. The number of nitrogens with one attached hydrogen (secondary N) is 1. The summed E-state index contributed by atoms with van der Waals surface area (Å²) < 4.78 is 10.7. The Balaban J connectivity index is 1.85. The molecule has 1 heterocycles. The molecule has 0 unspecified atom stereocenters. The number of halogens is 1. The number of nitrogens with zero attached hydrogens (tertiary/aromatic N) is 1. The van der Waals surface area contributed by atoms with Gasteiger partial charge in [0.1, 0.15) is 22.2 Å². The highest BCUT2D eigenvalue weighted by Crippen LogP contribution is 2.22. The number of aromatic nitrogens is 1. The van der Waals surface area contributed by atoms with Crippen LogP contribution in [0.15, 0.2) is 24.3 Å². The van der Waals surface area contributed by atoms with Crippen LogP contribution in [-0.4, -0.2) is 30.0 Å². The van der Waals surface area contributed by atoms with Gasteiger partial charge in [-0.05, 0) is 37.6 Å². The summed E-state index contributed by atoms with van der Waals surface area (Å²) >= 11 is 7.02. The van der Waals surface area contributed by atoms with E-state index in [9.17, 15) is 9.59 Å². The third-order valence-corrected chi connectivity index (χ3v) is 4.75. The molecule has 8 heteroatoms. The number of carbonyl (C=O) groups excluding carboxylic acids is 2. The summed E-state index contributed by atoms with van der Waals surface area (Å²) in [6.07, 6.45) is 1.88. The number of ether oxygens (including phenoxy) is 2. The van der Waals surface area contributed by atoms with E-state index in [-0.39, 0.29) is 19.1 Å². The van der Waals surface area contributed by atoms with Crippen molar-refractivity contribution in [2.75, 3.05) is 13.2 Å². The predicted octanol–water partition coefficient (Wildman–Crippen LogP) is 3.76. The first kappa shape index (κ1) is 20.2. The van der Waals surface area contributed by atoms with E-state index in [0.29, 0.717) is 32.9 Å². The number of hydrogen-bond donors (Lipinski definition) is 1. The zero-order chi connectivity index (χ0) is 18.9. The summed E-state index contributed by atoms with van der Waals surface area (Å²) in [5.74, 6) is -0.196. The van der Waals surface area contributed by atoms with Gasteiger partial charge in [-0.3, -0.25) is 4.79 Å². The zero-order valence-electron chi connectivity index (χ0n) is 14.7.